The Bertz CT molecular complexity index is 1080. The molecule has 162 valence electrons. The lowest BCUT2D eigenvalue weighted by atomic mass is 10.1. The first-order valence-corrected chi connectivity index (χ1v) is 11.7. The molecular weight excluding hydrogens is 480 g/mol. The molecule has 0 amide bonds. The zero-order chi connectivity index (χ0) is 21.8. The van der Waals surface area contributed by atoms with E-state index in [0.717, 1.165) is 39.9 Å². The second-order valence-corrected chi connectivity index (χ2v) is 8.87. The lowest BCUT2D eigenvalue weighted by molar-refractivity contribution is 0.219. The summed E-state index contributed by atoms with van der Waals surface area (Å²) in [5.41, 5.74) is 3.15. The largest absolute Gasteiger partial charge is 0.497 e. The average molecular weight is 503 g/mol. The molecule has 1 atom stereocenters. The number of anilines is 1. The van der Waals surface area contributed by atoms with E-state index in [1.54, 1.807) is 26.0 Å². The van der Waals surface area contributed by atoms with Gasteiger partial charge in [0.2, 0.25) is 17.3 Å². The van der Waals surface area contributed by atoms with Crippen LogP contribution in [0.3, 0.4) is 0 Å². The minimum absolute atomic E-state index is 0.432. The van der Waals surface area contributed by atoms with Crippen LogP contribution in [0.5, 0.6) is 17.4 Å². The van der Waals surface area contributed by atoms with Gasteiger partial charge < -0.3 is 19.5 Å². The Hall–Kier alpha value is -2.52. The molecule has 0 unspecified atom stereocenters. The fraction of sp³-hybridized carbons (Fsp3) is 0.318. The van der Waals surface area contributed by atoms with Crippen molar-refractivity contribution in [1.82, 2.24) is 15.2 Å². The average Bonchev–Trinajstić information content (AvgIpc) is 2.95. The van der Waals surface area contributed by atoms with Crippen molar-refractivity contribution in [2.75, 3.05) is 25.3 Å². The third kappa shape index (κ3) is 4.72. The van der Waals surface area contributed by atoms with Crippen LogP contribution in [0, 0.1) is 0 Å². The van der Waals surface area contributed by atoms with Crippen LogP contribution < -0.4 is 19.5 Å². The summed E-state index contributed by atoms with van der Waals surface area (Å²) in [5, 5.41) is 12.9. The molecule has 1 aliphatic heterocycles. The van der Waals surface area contributed by atoms with E-state index in [9.17, 15) is 0 Å². The van der Waals surface area contributed by atoms with Gasteiger partial charge in [-0.1, -0.05) is 41.0 Å². The number of unbranched alkanes of at least 4 members (excludes halogenated alkanes) is 1. The van der Waals surface area contributed by atoms with Gasteiger partial charge in [0.1, 0.15) is 11.5 Å². The van der Waals surface area contributed by atoms with Crippen LogP contribution in [-0.2, 0) is 0 Å². The number of halogens is 1. The van der Waals surface area contributed by atoms with Crippen molar-refractivity contribution >= 4 is 33.4 Å². The monoisotopic (exact) mass is 502 g/mol. The molecule has 0 saturated carbocycles. The molecule has 0 spiro atoms. The normalized spacial score (nSPS) is 14.5. The summed E-state index contributed by atoms with van der Waals surface area (Å²) in [5.74, 6) is 2.73. The summed E-state index contributed by atoms with van der Waals surface area (Å²) in [6.45, 7) is 2.16. The number of ether oxygens (including phenoxy) is 3. The van der Waals surface area contributed by atoms with Crippen molar-refractivity contribution in [3.63, 3.8) is 0 Å². The summed E-state index contributed by atoms with van der Waals surface area (Å²) >= 11 is 5.13. The number of aromatic nitrogens is 3. The van der Waals surface area contributed by atoms with Crippen LogP contribution in [0.4, 0.5) is 5.69 Å². The predicted octanol–water partition coefficient (Wildman–Crippen LogP) is 5.71. The molecule has 1 aliphatic rings. The van der Waals surface area contributed by atoms with Gasteiger partial charge in [0, 0.05) is 27.5 Å². The Morgan fingerprint density at radius 1 is 1.13 bits per heavy atom. The fourth-order valence-electron chi connectivity index (χ4n) is 3.21. The molecule has 2 aromatic carbocycles. The molecular formula is C22H23BrN4O3S. The summed E-state index contributed by atoms with van der Waals surface area (Å²) in [6, 6.07) is 11.6. The van der Waals surface area contributed by atoms with E-state index in [1.807, 2.05) is 36.4 Å². The lowest BCUT2D eigenvalue weighted by Crippen LogP contribution is -2.18. The van der Waals surface area contributed by atoms with Crippen LogP contribution in [-0.4, -0.2) is 35.2 Å². The van der Waals surface area contributed by atoms with Crippen LogP contribution >= 0.6 is 27.7 Å². The summed E-state index contributed by atoms with van der Waals surface area (Å²) in [4.78, 5) is 4.68. The predicted molar refractivity (Wildman–Crippen MR) is 125 cm³/mol. The minimum Gasteiger partial charge on any atom is -0.497 e. The van der Waals surface area contributed by atoms with Gasteiger partial charge in [-0.05, 0) is 36.8 Å². The molecule has 0 saturated heterocycles. The quantitative estimate of drug-likeness (QED) is 0.324. The van der Waals surface area contributed by atoms with E-state index in [0.29, 0.717) is 28.2 Å². The third-order valence-electron chi connectivity index (χ3n) is 4.84. The molecule has 3 aromatic rings. The maximum absolute atomic E-state index is 6.35. The first-order chi connectivity index (χ1) is 15.1. The maximum Gasteiger partial charge on any atom is 0.247 e. The molecule has 1 N–H and O–H groups in total. The Morgan fingerprint density at radius 3 is 2.77 bits per heavy atom. The zero-order valence-electron chi connectivity index (χ0n) is 17.5. The molecule has 0 bridgehead atoms. The second-order valence-electron chi connectivity index (χ2n) is 6.89. The van der Waals surface area contributed by atoms with Crippen LogP contribution in [0.15, 0.2) is 46.0 Å². The van der Waals surface area contributed by atoms with Gasteiger partial charge in [0.15, 0.2) is 5.69 Å². The van der Waals surface area contributed by atoms with Gasteiger partial charge in [0.25, 0.3) is 0 Å². The van der Waals surface area contributed by atoms with E-state index >= 15 is 0 Å². The highest BCUT2D eigenvalue weighted by atomic mass is 79.9. The Kier molecular flexibility index (Phi) is 6.82. The Labute approximate surface area is 194 Å². The van der Waals surface area contributed by atoms with Crippen LogP contribution in [0.1, 0.15) is 31.6 Å². The second kappa shape index (κ2) is 9.74. The summed E-state index contributed by atoms with van der Waals surface area (Å²) in [6.07, 6.45) is 1.67. The van der Waals surface area contributed by atoms with Crippen molar-refractivity contribution in [2.45, 2.75) is 31.1 Å². The van der Waals surface area contributed by atoms with Gasteiger partial charge >= 0.3 is 0 Å². The molecule has 0 radical (unpaired) electrons. The van der Waals surface area contributed by atoms with E-state index in [4.69, 9.17) is 14.2 Å². The van der Waals surface area contributed by atoms with Gasteiger partial charge in [-0.25, -0.2) is 0 Å². The number of nitrogens with one attached hydrogen (secondary N) is 1. The standard InChI is InChI=1S/C22H23BrN4O3S/c1-4-5-10-31-22-25-21-19(26-27-22)16-11-13(23)6-9-17(16)24-20(30-21)15-8-7-14(28-2)12-18(15)29-3/h6-9,11-12,20,24H,4-5,10H2,1-3H3/t20-/m0/s1. The van der Waals surface area contributed by atoms with E-state index in [1.165, 1.54) is 0 Å². The van der Waals surface area contributed by atoms with Crippen molar-refractivity contribution in [1.29, 1.82) is 0 Å². The maximum atomic E-state index is 6.35. The minimum atomic E-state index is -0.535. The molecule has 2 heterocycles. The SMILES string of the molecule is CCCCSc1nnc2c(n1)O[C@@H](c1ccc(OC)cc1OC)Nc1ccc(Br)cc1-2. The highest BCUT2D eigenvalue weighted by Crippen LogP contribution is 2.42. The fourth-order valence-corrected chi connectivity index (χ4v) is 4.44. The summed E-state index contributed by atoms with van der Waals surface area (Å²) in [7, 11) is 3.25. The first kappa shape index (κ1) is 21.7. The lowest BCUT2D eigenvalue weighted by Gasteiger charge is -2.21. The zero-order valence-corrected chi connectivity index (χ0v) is 19.9. The van der Waals surface area contributed by atoms with Crippen molar-refractivity contribution in [3.8, 4) is 28.6 Å². The molecule has 7 nitrogen and oxygen atoms in total. The first-order valence-electron chi connectivity index (χ1n) is 9.95. The van der Waals surface area contributed by atoms with Crippen LogP contribution in [0.2, 0.25) is 0 Å². The smallest absolute Gasteiger partial charge is 0.247 e. The number of benzene rings is 2. The number of fused-ring (bicyclic) bond motifs is 3. The number of thioether (sulfide) groups is 1. The number of nitrogens with zero attached hydrogens (tertiary/aromatic N) is 3. The number of hydrogen-bond acceptors (Lipinski definition) is 8. The molecule has 0 fully saturated rings. The number of rotatable bonds is 7. The van der Waals surface area contributed by atoms with E-state index < -0.39 is 6.23 Å². The highest BCUT2D eigenvalue weighted by Gasteiger charge is 2.28. The van der Waals surface area contributed by atoms with Gasteiger partial charge in [-0.15, -0.1) is 10.2 Å². The number of hydrogen-bond donors (Lipinski definition) is 1. The van der Waals surface area contributed by atoms with Gasteiger partial charge in [0.05, 0.1) is 19.8 Å². The molecule has 0 aliphatic carbocycles. The topological polar surface area (TPSA) is 78.4 Å². The molecule has 31 heavy (non-hydrogen) atoms. The van der Waals surface area contributed by atoms with Gasteiger partial charge in [-0.2, -0.15) is 4.98 Å². The van der Waals surface area contributed by atoms with E-state index in [2.05, 4.69) is 43.4 Å². The van der Waals surface area contributed by atoms with Crippen LogP contribution in [0.25, 0.3) is 11.3 Å². The summed E-state index contributed by atoms with van der Waals surface area (Å²) < 4.78 is 18.2. The Morgan fingerprint density at radius 2 is 2.00 bits per heavy atom. The van der Waals surface area contributed by atoms with Crippen molar-refractivity contribution in [2.24, 2.45) is 0 Å². The molecule has 1 aromatic heterocycles. The highest BCUT2D eigenvalue weighted by molar-refractivity contribution is 9.10. The Balaban J connectivity index is 1.78. The van der Waals surface area contributed by atoms with Crippen molar-refractivity contribution in [3.05, 3.63) is 46.4 Å². The third-order valence-corrected chi connectivity index (χ3v) is 6.26. The molecule has 4 rings (SSSR count). The van der Waals surface area contributed by atoms with E-state index in [-0.39, 0.29) is 0 Å². The van der Waals surface area contributed by atoms with Gasteiger partial charge in [-0.3, -0.25) is 0 Å². The van der Waals surface area contributed by atoms with Crippen molar-refractivity contribution < 1.29 is 14.2 Å². The number of methoxy groups -OCH3 is 2. The molecule has 9 heteroatoms.